The van der Waals surface area contributed by atoms with Gasteiger partial charge in [0.1, 0.15) is 0 Å². The van der Waals surface area contributed by atoms with Gasteiger partial charge >= 0.3 is 0 Å². The number of fused-ring (bicyclic) bond motifs is 5. The quantitative estimate of drug-likeness (QED) is 0.188. The zero-order valence-electron chi connectivity index (χ0n) is 26.4. The van der Waals surface area contributed by atoms with Gasteiger partial charge < -0.3 is 0 Å². The van der Waals surface area contributed by atoms with Crippen molar-refractivity contribution >= 4 is 21.5 Å². The molecule has 0 saturated carbocycles. The summed E-state index contributed by atoms with van der Waals surface area (Å²) in [6.07, 6.45) is 5.63. The fourth-order valence-corrected chi connectivity index (χ4v) is 7.69. The molecule has 0 N–H and O–H groups in total. The first-order valence-corrected chi connectivity index (χ1v) is 16.2. The van der Waals surface area contributed by atoms with Gasteiger partial charge in [-0.3, -0.25) is 9.97 Å². The van der Waals surface area contributed by atoms with Gasteiger partial charge in [0.15, 0.2) is 0 Å². The molecule has 0 radical (unpaired) electrons. The van der Waals surface area contributed by atoms with E-state index in [0.717, 1.165) is 22.4 Å². The summed E-state index contributed by atoms with van der Waals surface area (Å²) in [5, 5.41) is 5.01. The van der Waals surface area contributed by atoms with Crippen molar-refractivity contribution in [3.05, 3.63) is 169 Å². The van der Waals surface area contributed by atoms with Gasteiger partial charge in [0, 0.05) is 35.1 Å². The normalized spacial score (nSPS) is 13.1. The minimum absolute atomic E-state index is 0.0698. The van der Waals surface area contributed by atoms with E-state index >= 15 is 0 Å². The van der Waals surface area contributed by atoms with Crippen LogP contribution in [0.4, 0.5) is 0 Å². The highest BCUT2D eigenvalue weighted by Gasteiger charge is 2.35. The molecule has 2 heteroatoms. The van der Waals surface area contributed by atoms with Gasteiger partial charge in [-0.1, -0.05) is 123 Å². The number of benzene rings is 6. The molecule has 2 heterocycles. The fourth-order valence-electron chi connectivity index (χ4n) is 7.69. The third-order valence-electron chi connectivity index (χ3n) is 10.0. The number of hydrogen-bond donors (Lipinski definition) is 0. The molecular weight excluding hydrogens is 569 g/mol. The standard InChI is InChI=1S/C45H32N2/c1-45(2)40-17-9-8-14-34(40)35-21-19-31(26-41(35)45)44-37-16-7-6-15-36(37)43(29-11-4-3-5-12-29)39-25-30(18-22-38(39)44)32-20-23-42(47-28-32)33-13-10-24-46-27-33/h3-28H,1-2H3. The summed E-state index contributed by atoms with van der Waals surface area (Å²) in [5.41, 5.74) is 14.6. The van der Waals surface area contributed by atoms with Gasteiger partial charge in [-0.25, -0.2) is 0 Å². The van der Waals surface area contributed by atoms with Gasteiger partial charge in [-0.2, -0.15) is 0 Å². The molecule has 0 atom stereocenters. The highest BCUT2D eigenvalue weighted by Crippen LogP contribution is 2.51. The predicted molar refractivity (Wildman–Crippen MR) is 196 cm³/mol. The summed E-state index contributed by atoms with van der Waals surface area (Å²) >= 11 is 0. The summed E-state index contributed by atoms with van der Waals surface area (Å²) < 4.78 is 0. The second-order valence-electron chi connectivity index (χ2n) is 13.0. The Hall–Kier alpha value is -5.86. The van der Waals surface area contributed by atoms with Gasteiger partial charge in [0.25, 0.3) is 0 Å². The van der Waals surface area contributed by atoms with E-state index in [2.05, 4.69) is 146 Å². The minimum Gasteiger partial charge on any atom is -0.264 e. The number of aromatic nitrogens is 2. The molecule has 1 aliphatic carbocycles. The summed E-state index contributed by atoms with van der Waals surface area (Å²) in [7, 11) is 0. The summed E-state index contributed by atoms with van der Waals surface area (Å²) in [6.45, 7) is 4.71. The Kier molecular flexibility index (Phi) is 6.20. The van der Waals surface area contributed by atoms with Crippen LogP contribution in [0.2, 0.25) is 0 Å². The van der Waals surface area contributed by atoms with E-state index in [4.69, 9.17) is 4.98 Å². The molecule has 0 fully saturated rings. The molecule has 1 aliphatic rings. The van der Waals surface area contributed by atoms with E-state index < -0.39 is 0 Å². The van der Waals surface area contributed by atoms with Crippen molar-refractivity contribution in [1.29, 1.82) is 0 Å². The van der Waals surface area contributed by atoms with Crippen LogP contribution in [0, 0.1) is 0 Å². The molecule has 0 spiro atoms. The van der Waals surface area contributed by atoms with Crippen LogP contribution in [0.25, 0.3) is 77.3 Å². The first-order chi connectivity index (χ1) is 23.1. The Morgan fingerprint density at radius 2 is 1.09 bits per heavy atom. The molecular formula is C45H32N2. The number of rotatable bonds is 4. The third-order valence-corrected chi connectivity index (χ3v) is 10.0. The number of pyridine rings is 2. The Balaban J connectivity index is 1.29. The summed E-state index contributed by atoms with van der Waals surface area (Å²) in [5.74, 6) is 0. The Labute approximate surface area is 275 Å². The van der Waals surface area contributed by atoms with E-state index in [1.165, 1.54) is 66.1 Å². The Bertz CT molecular complexity index is 2460. The van der Waals surface area contributed by atoms with Crippen LogP contribution in [-0.4, -0.2) is 9.97 Å². The number of nitrogens with zero attached hydrogens (tertiary/aromatic N) is 2. The highest BCUT2D eigenvalue weighted by atomic mass is 14.7. The lowest BCUT2D eigenvalue weighted by atomic mass is 9.80. The smallest absolute Gasteiger partial charge is 0.0717 e. The van der Waals surface area contributed by atoms with Crippen molar-refractivity contribution in [2.45, 2.75) is 19.3 Å². The maximum atomic E-state index is 4.82. The van der Waals surface area contributed by atoms with E-state index in [0.29, 0.717) is 0 Å². The van der Waals surface area contributed by atoms with Crippen molar-refractivity contribution < 1.29 is 0 Å². The molecule has 0 aliphatic heterocycles. The van der Waals surface area contributed by atoms with Crippen molar-refractivity contribution in [2.24, 2.45) is 0 Å². The largest absolute Gasteiger partial charge is 0.264 e. The molecule has 6 aromatic carbocycles. The van der Waals surface area contributed by atoms with Gasteiger partial charge in [-0.15, -0.1) is 0 Å². The average molecular weight is 601 g/mol. The second-order valence-corrected chi connectivity index (χ2v) is 13.0. The molecule has 0 bridgehead atoms. The van der Waals surface area contributed by atoms with E-state index in [1.54, 1.807) is 6.20 Å². The monoisotopic (exact) mass is 600 g/mol. The highest BCUT2D eigenvalue weighted by molar-refractivity contribution is 6.22. The van der Waals surface area contributed by atoms with Crippen LogP contribution in [0.1, 0.15) is 25.0 Å². The molecule has 0 amide bonds. The molecule has 222 valence electrons. The van der Waals surface area contributed by atoms with E-state index in [9.17, 15) is 0 Å². The first kappa shape index (κ1) is 27.5. The average Bonchev–Trinajstić information content (AvgIpc) is 3.36. The maximum Gasteiger partial charge on any atom is 0.0717 e. The van der Waals surface area contributed by atoms with E-state index in [-0.39, 0.29) is 5.41 Å². The van der Waals surface area contributed by atoms with Crippen LogP contribution >= 0.6 is 0 Å². The van der Waals surface area contributed by atoms with Crippen molar-refractivity contribution in [2.75, 3.05) is 0 Å². The molecule has 47 heavy (non-hydrogen) atoms. The van der Waals surface area contributed by atoms with Crippen LogP contribution in [0.15, 0.2) is 158 Å². The maximum absolute atomic E-state index is 4.82. The lowest BCUT2D eigenvalue weighted by molar-refractivity contribution is 0.660. The molecule has 9 rings (SSSR count). The topological polar surface area (TPSA) is 25.8 Å². The van der Waals surface area contributed by atoms with Crippen LogP contribution < -0.4 is 0 Å². The molecule has 0 saturated heterocycles. The molecule has 8 aromatic rings. The minimum atomic E-state index is -0.0698. The Morgan fingerprint density at radius 3 is 1.85 bits per heavy atom. The molecule has 2 aromatic heterocycles. The SMILES string of the molecule is CC1(C)c2ccccc2-c2ccc(-c3c4ccccc4c(-c4ccccc4)c4cc(-c5ccc(-c6cccnc6)nc5)ccc34)cc21. The van der Waals surface area contributed by atoms with Gasteiger partial charge in [-0.05, 0) is 102 Å². The van der Waals surface area contributed by atoms with E-state index in [1.807, 2.05) is 24.5 Å². The Morgan fingerprint density at radius 1 is 0.426 bits per heavy atom. The number of hydrogen-bond acceptors (Lipinski definition) is 2. The fraction of sp³-hybridized carbons (Fsp3) is 0.0667. The van der Waals surface area contributed by atoms with Crippen molar-refractivity contribution in [3.63, 3.8) is 0 Å². The lowest BCUT2D eigenvalue weighted by Gasteiger charge is -2.23. The zero-order valence-corrected chi connectivity index (χ0v) is 26.4. The third kappa shape index (κ3) is 4.33. The van der Waals surface area contributed by atoms with Crippen molar-refractivity contribution in [3.8, 4) is 55.8 Å². The van der Waals surface area contributed by atoms with Crippen LogP contribution in [0.5, 0.6) is 0 Å². The summed E-state index contributed by atoms with van der Waals surface area (Å²) in [4.78, 5) is 9.09. The van der Waals surface area contributed by atoms with Crippen LogP contribution in [0.3, 0.4) is 0 Å². The summed E-state index contributed by atoms with van der Waals surface area (Å²) in [6, 6.07) is 50.9. The van der Waals surface area contributed by atoms with Gasteiger partial charge in [0.2, 0.25) is 0 Å². The predicted octanol–water partition coefficient (Wildman–Crippen LogP) is 11.8. The first-order valence-electron chi connectivity index (χ1n) is 16.2. The molecule has 2 nitrogen and oxygen atoms in total. The van der Waals surface area contributed by atoms with Crippen molar-refractivity contribution in [1.82, 2.24) is 9.97 Å². The van der Waals surface area contributed by atoms with Gasteiger partial charge in [0.05, 0.1) is 5.69 Å². The lowest BCUT2D eigenvalue weighted by Crippen LogP contribution is -2.14. The zero-order chi connectivity index (χ0) is 31.5. The van der Waals surface area contributed by atoms with Crippen LogP contribution in [-0.2, 0) is 5.41 Å². The second kappa shape index (κ2) is 10.6. The molecule has 0 unspecified atom stereocenters.